The lowest BCUT2D eigenvalue weighted by molar-refractivity contribution is 0.0953. The van der Waals surface area contributed by atoms with Gasteiger partial charge in [-0.15, -0.1) is 11.3 Å². The third kappa shape index (κ3) is 3.77. The van der Waals surface area contributed by atoms with Crippen LogP contribution >= 0.6 is 22.9 Å². The first-order valence-corrected chi connectivity index (χ1v) is 9.17. The van der Waals surface area contributed by atoms with Crippen molar-refractivity contribution in [1.82, 2.24) is 10.3 Å². The topological polar surface area (TPSA) is 42.0 Å². The maximum Gasteiger partial charge on any atom is 0.252 e. The Hall–Kier alpha value is -1.91. The Balaban J connectivity index is 2.00. The summed E-state index contributed by atoms with van der Waals surface area (Å²) in [6.45, 7) is 4.96. The molecule has 2 heterocycles. The number of benzene rings is 1. The van der Waals surface area contributed by atoms with E-state index in [1.54, 1.807) is 0 Å². The molecule has 0 saturated heterocycles. The Labute approximate surface area is 150 Å². The van der Waals surface area contributed by atoms with Gasteiger partial charge in [-0.2, -0.15) is 0 Å². The highest BCUT2D eigenvalue weighted by atomic mass is 35.5. The van der Waals surface area contributed by atoms with Crippen LogP contribution in [-0.2, 0) is 0 Å². The molecule has 0 radical (unpaired) electrons. The maximum atomic E-state index is 12.7. The third-order valence-corrected chi connectivity index (χ3v) is 5.05. The van der Waals surface area contributed by atoms with Gasteiger partial charge in [0.15, 0.2) is 0 Å². The predicted molar refractivity (Wildman–Crippen MR) is 102 cm³/mol. The van der Waals surface area contributed by atoms with Crippen LogP contribution in [0.4, 0.5) is 0 Å². The van der Waals surface area contributed by atoms with E-state index in [-0.39, 0.29) is 5.91 Å². The molecule has 24 heavy (non-hydrogen) atoms. The quantitative estimate of drug-likeness (QED) is 0.664. The number of halogens is 1. The van der Waals surface area contributed by atoms with Crippen LogP contribution in [0.5, 0.6) is 0 Å². The third-order valence-electron chi connectivity index (χ3n) is 3.79. The van der Waals surface area contributed by atoms with Gasteiger partial charge in [0.05, 0.1) is 26.0 Å². The molecule has 0 spiro atoms. The molecule has 2 aromatic heterocycles. The van der Waals surface area contributed by atoms with Crippen molar-refractivity contribution in [3.05, 3.63) is 52.4 Å². The SMILES string of the molecule is CC(C)CCNC(=O)c1cc(-c2ccc(Cl)s2)nc2ccccc12. The highest BCUT2D eigenvalue weighted by Crippen LogP contribution is 2.32. The number of carbonyl (C=O) groups is 1. The second kappa shape index (κ2) is 7.32. The fraction of sp³-hybridized carbons (Fsp3) is 0.263. The molecule has 1 N–H and O–H groups in total. The molecule has 5 heteroatoms. The number of hydrogen-bond acceptors (Lipinski definition) is 3. The number of aromatic nitrogens is 1. The van der Waals surface area contributed by atoms with Crippen LogP contribution in [0.25, 0.3) is 21.5 Å². The number of carbonyl (C=O) groups excluding carboxylic acids is 1. The molecule has 0 atom stereocenters. The van der Waals surface area contributed by atoms with Gasteiger partial charge in [-0.05, 0) is 36.6 Å². The molecular weight excluding hydrogens is 340 g/mol. The highest BCUT2D eigenvalue weighted by molar-refractivity contribution is 7.19. The standard InChI is InChI=1S/C19H19ClN2OS/c1-12(2)9-10-21-19(23)14-11-16(17-7-8-18(20)24-17)22-15-6-4-3-5-13(14)15/h3-8,11-12H,9-10H2,1-2H3,(H,21,23). The van der Waals surface area contributed by atoms with Crippen LogP contribution in [0, 0.1) is 5.92 Å². The van der Waals surface area contributed by atoms with Gasteiger partial charge in [-0.3, -0.25) is 4.79 Å². The molecule has 3 nitrogen and oxygen atoms in total. The maximum absolute atomic E-state index is 12.7. The summed E-state index contributed by atoms with van der Waals surface area (Å²) in [5.74, 6) is 0.501. The Bertz CT molecular complexity index is 873. The van der Waals surface area contributed by atoms with Crippen LogP contribution < -0.4 is 5.32 Å². The van der Waals surface area contributed by atoms with Gasteiger partial charge in [0, 0.05) is 11.9 Å². The smallest absolute Gasteiger partial charge is 0.252 e. The molecule has 0 aliphatic rings. The zero-order valence-corrected chi connectivity index (χ0v) is 15.2. The number of fused-ring (bicyclic) bond motifs is 1. The molecule has 0 aliphatic carbocycles. The lowest BCUT2D eigenvalue weighted by Gasteiger charge is -2.11. The summed E-state index contributed by atoms with van der Waals surface area (Å²) in [5, 5.41) is 3.88. The van der Waals surface area contributed by atoms with Gasteiger partial charge in [-0.25, -0.2) is 4.98 Å². The zero-order valence-electron chi connectivity index (χ0n) is 13.7. The Kier molecular flexibility index (Phi) is 5.17. The minimum Gasteiger partial charge on any atom is -0.352 e. The molecule has 124 valence electrons. The minimum atomic E-state index is -0.0573. The number of nitrogens with zero attached hydrogens (tertiary/aromatic N) is 1. The van der Waals surface area contributed by atoms with Crippen molar-refractivity contribution in [1.29, 1.82) is 0 Å². The van der Waals surface area contributed by atoms with Crippen LogP contribution in [0.15, 0.2) is 42.5 Å². The lowest BCUT2D eigenvalue weighted by Crippen LogP contribution is -2.25. The Morgan fingerprint density at radius 1 is 1.25 bits per heavy atom. The monoisotopic (exact) mass is 358 g/mol. The lowest BCUT2D eigenvalue weighted by atomic mass is 10.1. The number of pyridine rings is 1. The summed E-state index contributed by atoms with van der Waals surface area (Å²) in [7, 11) is 0. The molecule has 0 aliphatic heterocycles. The molecule has 1 amide bonds. The van der Waals surface area contributed by atoms with E-state index in [4.69, 9.17) is 11.6 Å². The Morgan fingerprint density at radius 2 is 2.04 bits per heavy atom. The van der Waals surface area contributed by atoms with Crippen molar-refractivity contribution in [3.63, 3.8) is 0 Å². The molecule has 0 unspecified atom stereocenters. The average molecular weight is 359 g/mol. The van der Waals surface area contributed by atoms with Crippen molar-refractivity contribution >= 4 is 39.7 Å². The Morgan fingerprint density at radius 3 is 2.75 bits per heavy atom. The van der Waals surface area contributed by atoms with Gasteiger partial charge in [0.2, 0.25) is 0 Å². The van der Waals surface area contributed by atoms with Crippen LogP contribution in [0.2, 0.25) is 4.34 Å². The number of para-hydroxylation sites is 1. The number of rotatable bonds is 5. The minimum absolute atomic E-state index is 0.0573. The summed E-state index contributed by atoms with van der Waals surface area (Å²) in [4.78, 5) is 18.3. The number of nitrogens with one attached hydrogen (secondary N) is 1. The molecule has 3 aromatic rings. The second-order valence-electron chi connectivity index (χ2n) is 6.11. The largest absolute Gasteiger partial charge is 0.352 e. The summed E-state index contributed by atoms with van der Waals surface area (Å²) >= 11 is 7.50. The van der Waals surface area contributed by atoms with E-state index in [0.29, 0.717) is 22.4 Å². The van der Waals surface area contributed by atoms with Gasteiger partial charge in [-0.1, -0.05) is 43.6 Å². The van der Waals surface area contributed by atoms with Crippen LogP contribution in [-0.4, -0.2) is 17.4 Å². The van der Waals surface area contributed by atoms with E-state index in [1.165, 1.54) is 11.3 Å². The average Bonchev–Trinajstić information content (AvgIpc) is 3.00. The number of amides is 1. The first-order valence-electron chi connectivity index (χ1n) is 7.98. The van der Waals surface area contributed by atoms with Gasteiger partial charge >= 0.3 is 0 Å². The van der Waals surface area contributed by atoms with Crippen molar-refractivity contribution in [2.24, 2.45) is 5.92 Å². The van der Waals surface area contributed by atoms with Crippen LogP contribution in [0.1, 0.15) is 30.6 Å². The van der Waals surface area contributed by atoms with Crippen molar-refractivity contribution in [3.8, 4) is 10.6 Å². The van der Waals surface area contributed by atoms with E-state index < -0.39 is 0 Å². The van der Waals surface area contributed by atoms with Crippen molar-refractivity contribution in [2.45, 2.75) is 20.3 Å². The second-order valence-corrected chi connectivity index (χ2v) is 7.83. The normalized spacial score (nSPS) is 11.2. The van der Waals surface area contributed by atoms with Gasteiger partial charge < -0.3 is 5.32 Å². The van der Waals surface area contributed by atoms with Crippen LogP contribution in [0.3, 0.4) is 0 Å². The van der Waals surface area contributed by atoms with Gasteiger partial charge in [0.1, 0.15) is 0 Å². The van der Waals surface area contributed by atoms with E-state index >= 15 is 0 Å². The predicted octanol–water partition coefficient (Wildman–Crippen LogP) is 5.39. The molecular formula is C19H19ClN2OS. The van der Waals surface area contributed by atoms with E-state index in [9.17, 15) is 4.79 Å². The van der Waals surface area contributed by atoms with Crippen molar-refractivity contribution < 1.29 is 4.79 Å². The molecule has 0 saturated carbocycles. The summed E-state index contributed by atoms with van der Waals surface area (Å²) in [6.07, 6.45) is 0.960. The number of hydrogen-bond donors (Lipinski definition) is 1. The first-order chi connectivity index (χ1) is 11.5. The summed E-state index contributed by atoms with van der Waals surface area (Å²) in [5.41, 5.74) is 2.25. The van der Waals surface area contributed by atoms with Gasteiger partial charge in [0.25, 0.3) is 5.91 Å². The summed E-state index contributed by atoms with van der Waals surface area (Å²) in [6, 6.07) is 13.4. The molecule has 3 rings (SSSR count). The van der Waals surface area contributed by atoms with E-state index in [0.717, 1.165) is 27.9 Å². The fourth-order valence-corrected chi connectivity index (χ4v) is 3.51. The first kappa shape index (κ1) is 16.9. The fourth-order valence-electron chi connectivity index (χ4n) is 2.51. The van der Waals surface area contributed by atoms with E-state index in [2.05, 4.69) is 24.1 Å². The number of thiophene rings is 1. The zero-order chi connectivity index (χ0) is 17.1. The van der Waals surface area contributed by atoms with Crippen molar-refractivity contribution in [2.75, 3.05) is 6.54 Å². The molecule has 1 aromatic carbocycles. The highest BCUT2D eigenvalue weighted by Gasteiger charge is 2.14. The van der Waals surface area contributed by atoms with E-state index in [1.807, 2.05) is 42.5 Å². The molecule has 0 bridgehead atoms. The summed E-state index contributed by atoms with van der Waals surface area (Å²) < 4.78 is 0.711. The molecule has 0 fully saturated rings.